The van der Waals surface area contributed by atoms with Gasteiger partial charge in [-0.1, -0.05) is 32.1 Å². The number of carbonyl (C=O) groups excluding carboxylic acids is 2. The number of hydrogen-bond acceptors (Lipinski definition) is 2. The quantitative estimate of drug-likeness (QED) is 0.600. The second kappa shape index (κ2) is 5.39. The van der Waals surface area contributed by atoms with Gasteiger partial charge in [-0.3, -0.25) is 14.5 Å². The Hall–Kier alpha value is -1.90. The number of nitrogens with zero attached hydrogens (tertiary/aromatic N) is 1. The van der Waals surface area contributed by atoms with Crippen molar-refractivity contribution in [2.75, 3.05) is 6.54 Å². The first-order valence-corrected chi connectivity index (χ1v) is 6.62. The van der Waals surface area contributed by atoms with E-state index in [2.05, 4.69) is 20.4 Å². The van der Waals surface area contributed by atoms with Gasteiger partial charge in [-0.2, -0.15) is 0 Å². The van der Waals surface area contributed by atoms with Gasteiger partial charge in [-0.05, 0) is 30.4 Å². The molecule has 1 aliphatic rings. The first-order valence-electron chi connectivity index (χ1n) is 6.62. The van der Waals surface area contributed by atoms with E-state index >= 15 is 0 Å². The van der Waals surface area contributed by atoms with Crippen LogP contribution in [0.25, 0.3) is 0 Å². The Morgan fingerprint density at radius 1 is 1.16 bits per heavy atom. The lowest BCUT2D eigenvalue weighted by Crippen LogP contribution is -2.36. The molecule has 1 heterocycles. The molecule has 0 N–H and O–H groups in total. The maximum absolute atomic E-state index is 12.2. The first kappa shape index (κ1) is 13.5. The van der Waals surface area contributed by atoms with Crippen LogP contribution in [-0.2, 0) is 0 Å². The van der Waals surface area contributed by atoms with E-state index in [1.54, 1.807) is 24.3 Å². The SMILES string of the molecule is C=CCC(CN1C(=O)c2ccccc2C1=O)C(C)C. The molecule has 0 fully saturated rings. The Labute approximate surface area is 113 Å². The summed E-state index contributed by atoms with van der Waals surface area (Å²) in [6.07, 6.45) is 2.66. The van der Waals surface area contributed by atoms with Crippen LogP contribution >= 0.6 is 0 Å². The van der Waals surface area contributed by atoms with Crippen molar-refractivity contribution in [1.29, 1.82) is 0 Å². The minimum atomic E-state index is -0.171. The van der Waals surface area contributed by atoms with Crippen molar-refractivity contribution in [1.82, 2.24) is 4.90 Å². The zero-order valence-electron chi connectivity index (χ0n) is 11.4. The molecule has 0 aliphatic carbocycles. The molecule has 0 radical (unpaired) electrons. The van der Waals surface area contributed by atoms with Gasteiger partial charge in [0, 0.05) is 6.54 Å². The Bertz CT molecular complexity index is 484. The predicted octanol–water partition coefficient (Wildman–Crippen LogP) is 3.13. The molecule has 0 spiro atoms. The molecule has 1 aromatic rings. The van der Waals surface area contributed by atoms with Crippen LogP contribution in [0.3, 0.4) is 0 Å². The standard InChI is InChI=1S/C16H19NO2/c1-4-7-12(11(2)3)10-17-15(18)13-8-5-6-9-14(13)16(17)19/h4-6,8-9,11-12H,1,7,10H2,2-3H3. The third kappa shape index (κ3) is 2.46. The lowest BCUT2D eigenvalue weighted by molar-refractivity contribution is 0.0616. The zero-order valence-corrected chi connectivity index (χ0v) is 11.4. The van der Waals surface area contributed by atoms with Gasteiger partial charge >= 0.3 is 0 Å². The molecular formula is C16H19NO2. The van der Waals surface area contributed by atoms with Gasteiger partial charge < -0.3 is 0 Å². The van der Waals surface area contributed by atoms with E-state index in [0.29, 0.717) is 23.6 Å². The summed E-state index contributed by atoms with van der Waals surface area (Å²) in [4.78, 5) is 25.9. The number of amides is 2. The second-order valence-corrected chi connectivity index (χ2v) is 5.29. The van der Waals surface area contributed by atoms with Crippen LogP contribution in [0.15, 0.2) is 36.9 Å². The Morgan fingerprint density at radius 3 is 2.11 bits per heavy atom. The average Bonchev–Trinajstić information content (AvgIpc) is 2.63. The molecular weight excluding hydrogens is 238 g/mol. The summed E-state index contributed by atoms with van der Waals surface area (Å²) in [6, 6.07) is 7.01. The number of rotatable bonds is 5. The van der Waals surface area contributed by atoms with Crippen LogP contribution in [0.2, 0.25) is 0 Å². The monoisotopic (exact) mass is 257 g/mol. The lowest BCUT2D eigenvalue weighted by Gasteiger charge is -2.24. The van der Waals surface area contributed by atoms with Crippen LogP contribution in [0, 0.1) is 11.8 Å². The number of fused-ring (bicyclic) bond motifs is 1. The highest BCUT2D eigenvalue weighted by atomic mass is 16.2. The van der Waals surface area contributed by atoms with E-state index < -0.39 is 0 Å². The van der Waals surface area contributed by atoms with Gasteiger partial charge in [0.25, 0.3) is 11.8 Å². The van der Waals surface area contributed by atoms with Crippen LogP contribution < -0.4 is 0 Å². The molecule has 1 aliphatic heterocycles. The van der Waals surface area contributed by atoms with Crippen LogP contribution in [0.1, 0.15) is 41.0 Å². The van der Waals surface area contributed by atoms with Crippen molar-refractivity contribution in [3.63, 3.8) is 0 Å². The van der Waals surface area contributed by atoms with Crippen LogP contribution in [0.5, 0.6) is 0 Å². The molecule has 1 atom stereocenters. The lowest BCUT2D eigenvalue weighted by atomic mass is 9.92. The van der Waals surface area contributed by atoms with E-state index in [1.807, 2.05) is 6.08 Å². The molecule has 100 valence electrons. The van der Waals surface area contributed by atoms with Gasteiger partial charge in [-0.25, -0.2) is 0 Å². The van der Waals surface area contributed by atoms with Gasteiger partial charge in [0.2, 0.25) is 0 Å². The summed E-state index contributed by atoms with van der Waals surface area (Å²) < 4.78 is 0. The number of benzene rings is 1. The van der Waals surface area contributed by atoms with Gasteiger partial charge in [0.1, 0.15) is 0 Å². The molecule has 19 heavy (non-hydrogen) atoms. The average molecular weight is 257 g/mol. The van der Waals surface area contributed by atoms with E-state index in [0.717, 1.165) is 6.42 Å². The Morgan fingerprint density at radius 2 is 1.68 bits per heavy atom. The highest BCUT2D eigenvalue weighted by Crippen LogP contribution is 2.26. The molecule has 1 aromatic carbocycles. The molecule has 1 unspecified atom stereocenters. The zero-order chi connectivity index (χ0) is 14.0. The fourth-order valence-electron chi connectivity index (χ4n) is 2.41. The molecule has 3 heteroatoms. The van der Waals surface area contributed by atoms with Gasteiger partial charge in [0.05, 0.1) is 11.1 Å². The molecule has 2 rings (SSSR count). The Kier molecular flexibility index (Phi) is 3.84. The molecule has 2 amide bonds. The fourth-order valence-corrected chi connectivity index (χ4v) is 2.41. The van der Waals surface area contributed by atoms with E-state index in [9.17, 15) is 9.59 Å². The van der Waals surface area contributed by atoms with Crippen molar-refractivity contribution in [3.05, 3.63) is 48.0 Å². The highest BCUT2D eigenvalue weighted by Gasteiger charge is 2.36. The van der Waals surface area contributed by atoms with E-state index in [-0.39, 0.29) is 17.7 Å². The summed E-state index contributed by atoms with van der Waals surface area (Å²) >= 11 is 0. The maximum Gasteiger partial charge on any atom is 0.261 e. The van der Waals surface area contributed by atoms with E-state index in [4.69, 9.17) is 0 Å². The third-order valence-corrected chi connectivity index (χ3v) is 3.71. The van der Waals surface area contributed by atoms with Crippen molar-refractivity contribution >= 4 is 11.8 Å². The summed E-state index contributed by atoms with van der Waals surface area (Å²) in [5.74, 6) is 0.327. The summed E-state index contributed by atoms with van der Waals surface area (Å²) in [7, 11) is 0. The van der Waals surface area contributed by atoms with Crippen molar-refractivity contribution < 1.29 is 9.59 Å². The molecule has 0 saturated heterocycles. The first-order chi connectivity index (χ1) is 9.06. The molecule has 3 nitrogen and oxygen atoms in total. The number of imide groups is 1. The summed E-state index contributed by atoms with van der Waals surface area (Å²) in [5, 5.41) is 0. The number of allylic oxidation sites excluding steroid dienone is 1. The Balaban J connectivity index is 2.22. The maximum atomic E-state index is 12.2. The second-order valence-electron chi connectivity index (χ2n) is 5.29. The number of carbonyl (C=O) groups is 2. The van der Waals surface area contributed by atoms with Gasteiger partial charge in [0.15, 0.2) is 0 Å². The smallest absolute Gasteiger partial charge is 0.261 e. The third-order valence-electron chi connectivity index (χ3n) is 3.71. The highest BCUT2D eigenvalue weighted by molar-refractivity contribution is 6.21. The summed E-state index contributed by atoms with van der Waals surface area (Å²) in [6.45, 7) is 8.42. The van der Waals surface area contributed by atoms with Crippen LogP contribution in [0.4, 0.5) is 0 Å². The molecule has 0 bridgehead atoms. The van der Waals surface area contributed by atoms with Gasteiger partial charge in [-0.15, -0.1) is 6.58 Å². The molecule has 0 saturated carbocycles. The fraction of sp³-hybridized carbons (Fsp3) is 0.375. The van der Waals surface area contributed by atoms with Crippen molar-refractivity contribution in [2.24, 2.45) is 11.8 Å². The van der Waals surface area contributed by atoms with E-state index in [1.165, 1.54) is 4.90 Å². The summed E-state index contributed by atoms with van der Waals surface area (Å²) in [5.41, 5.74) is 1.04. The van der Waals surface area contributed by atoms with Crippen LogP contribution in [-0.4, -0.2) is 23.3 Å². The van der Waals surface area contributed by atoms with Crippen molar-refractivity contribution in [2.45, 2.75) is 20.3 Å². The number of hydrogen-bond donors (Lipinski definition) is 0. The van der Waals surface area contributed by atoms with Crippen molar-refractivity contribution in [3.8, 4) is 0 Å². The predicted molar refractivity (Wildman–Crippen MR) is 75.0 cm³/mol. The minimum Gasteiger partial charge on any atom is -0.274 e. The molecule has 0 aromatic heterocycles. The largest absolute Gasteiger partial charge is 0.274 e. The normalized spacial score (nSPS) is 15.8. The topological polar surface area (TPSA) is 37.4 Å². The minimum absolute atomic E-state index is 0.171.